The quantitative estimate of drug-likeness (QED) is 0.290. The number of hydrogen-bond acceptors (Lipinski definition) is 3. The van der Waals surface area contributed by atoms with Crippen molar-refractivity contribution in [3.05, 3.63) is 36.4 Å². The van der Waals surface area contributed by atoms with Crippen molar-refractivity contribution in [1.29, 1.82) is 0 Å². The number of para-hydroxylation sites is 2. The van der Waals surface area contributed by atoms with E-state index in [1.165, 1.54) is 0 Å². The number of nitrogen functional groups attached to an aromatic ring is 2. The Kier molecular flexibility index (Phi) is 2.97. The first-order chi connectivity index (χ1) is 8.16. The van der Waals surface area contributed by atoms with E-state index >= 15 is 0 Å². The van der Waals surface area contributed by atoms with Crippen LogP contribution in [0.15, 0.2) is 36.4 Å². The summed E-state index contributed by atoms with van der Waals surface area (Å²) < 4.78 is 2.06. The number of benzene rings is 2. The van der Waals surface area contributed by atoms with Crippen LogP contribution in [0.2, 0.25) is 0 Å². The Labute approximate surface area is 111 Å². The molecule has 0 spiro atoms. The van der Waals surface area contributed by atoms with Crippen molar-refractivity contribution >= 4 is 33.4 Å². The lowest BCUT2D eigenvalue weighted by Gasteiger charge is -2.04. The van der Waals surface area contributed by atoms with Gasteiger partial charge in [-0.05, 0) is 12.1 Å². The van der Waals surface area contributed by atoms with Crippen molar-refractivity contribution in [3.63, 3.8) is 0 Å². The van der Waals surface area contributed by atoms with Gasteiger partial charge < -0.3 is 23.9 Å². The highest BCUT2D eigenvalue weighted by molar-refractivity contribution is 5.91. The Bertz CT molecular complexity index is 740. The van der Waals surface area contributed by atoms with Gasteiger partial charge in [-0.25, -0.2) is 4.98 Å². The second-order valence-electron chi connectivity index (χ2n) is 4.14. The summed E-state index contributed by atoms with van der Waals surface area (Å²) in [6.07, 6.45) is 0. The van der Waals surface area contributed by atoms with Gasteiger partial charge in [-0.2, -0.15) is 4.57 Å². The predicted octanol–water partition coefficient (Wildman–Crippen LogP) is -1.62. The molecule has 3 rings (SSSR count). The van der Waals surface area contributed by atoms with Crippen LogP contribution in [0, 0.1) is 0 Å². The predicted molar refractivity (Wildman–Crippen MR) is 69.2 cm³/mol. The fraction of sp³-hybridized carbons (Fsp3) is 0.0769. The molecule has 0 radical (unpaired) electrons. The van der Waals surface area contributed by atoms with E-state index in [-0.39, 0.29) is 12.4 Å². The summed E-state index contributed by atoms with van der Waals surface area (Å²) in [4.78, 5) is 4.58. The van der Waals surface area contributed by atoms with Crippen molar-refractivity contribution in [1.82, 2.24) is 4.98 Å². The maximum Gasteiger partial charge on any atom is 0.235 e. The van der Waals surface area contributed by atoms with Crippen LogP contribution in [0.3, 0.4) is 0 Å². The number of aromatic nitrogens is 2. The maximum atomic E-state index is 5.96. The Morgan fingerprint density at radius 1 is 1.06 bits per heavy atom. The minimum atomic E-state index is 0. The Morgan fingerprint density at radius 2 is 1.78 bits per heavy atom. The highest BCUT2D eigenvalue weighted by Gasteiger charge is 2.14. The summed E-state index contributed by atoms with van der Waals surface area (Å²) in [5.74, 6) is 0. The molecule has 1 heterocycles. The third-order valence-corrected chi connectivity index (χ3v) is 2.98. The van der Waals surface area contributed by atoms with E-state index in [9.17, 15) is 0 Å². The standard InChI is InChI=1S/C13H12N4.ClH/c1-17-11-5-3-2-4-10(11)16-13-9(15)6-8(14)7-12(13)17;/h2-7H,1H3,(H3,14,15);1H. The number of rotatable bonds is 0. The van der Waals surface area contributed by atoms with E-state index in [4.69, 9.17) is 11.5 Å². The first-order valence-corrected chi connectivity index (χ1v) is 5.40. The van der Waals surface area contributed by atoms with Gasteiger partial charge in [0.2, 0.25) is 11.0 Å². The van der Waals surface area contributed by atoms with Crippen LogP contribution in [0.25, 0.3) is 22.1 Å². The van der Waals surface area contributed by atoms with Crippen LogP contribution >= 0.6 is 0 Å². The highest BCUT2D eigenvalue weighted by Crippen LogP contribution is 2.22. The third-order valence-electron chi connectivity index (χ3n) is 2.98. The molecule has 1 aromatic heterocycles. The molecular weight excluding hydrogens is 248 g/mol. The summed E-state index contributed by atoms with van der Waals surface area (Å²) in [5.41, 5.74) is 16.8. The van der Waals surface area contributed by atoms with Gasteiger partial charge in [-0.15, -0.1) is 0 Å². The van der Waals surface area contributed by atoms with Crippen LogP contribution in [0.4, 0.5) is 11.4 Å². The molecule has 0 aliphatic carbocycles. The molecule has 4 N–H and O–H groups in total. The van der Waals surface area contributed by atoms with Gasteiger partial charge in [0, 0.05) is 17.8 Å². The third kappa shape index (κ3) is 1.71. The van der Waals surface area contributed by atoms with E-state index < -0.39 is 0 Å². The van der Waals surface area contributed by atoms with Crippen molar-refractivity contribution < 1.29 is 17.0 Å². The molecule has 0 fully saturated rings. The molecule has 0 aliphatic rings. The lowest BCUT2D eigenvalue weighted by Crippen LogP contribution is -3.00. The molecule has 0 amide bonds. The number of anilines is 2. The minimum absolute atomic E-state index is 0. The maximum absolute atomic E-state index is 5.96. The summed E-state index contributed by atoms with van der Waals surface area (Å²) in [6.45, 7) is 0. The van der Waals surface area contributed by atoms with Crippen molar-refractivity contribution in [3.8, 4) is 0 Å². The number of nitrogens with zero attached hydrogens (tertiary/aromatic N) is 2. The SMILES string of the molecule is C[n+]1c2ccccc2nc2c(N)cc(N)cc21.[Cl-]. The van der Waals surface area contributed by atoms with Gasteiger partial charge in [-0.3, -0.25) is 0 Å². The molecule has 2 aromatic carbocycles. The van der Waals surface area contributed by atoms with E-state index in [1.54, 1.807) is 6.07 Å². The smallest absolute Gasteiger partial charge is 0.235 e. The molecular formula is C13H13ClN4. The molecule has 0 saturated heterocycles. The van der Waals surface area contributed by atoms with E-state index in [2.05, 4.69) is 9.55 Å². The molecule has 4 nitrogen and oxygen atoms in total. The summed E-state index contributed by atoms with van der Waals surface area (Å²) in [6, 6.07) is 11.6. The Morgan fingerprint density at radius 3 is 2.56 bits per heavy atom. The number of halogens is 1. The molecule has 18 heavy (non-hydrogen) atoms. The summed E-state index contributed by atoms with van der Waals surface area (Å²) in [5, 5.41) is 0. The van der Waals surface area contributed by atoms with Gasteiger partial charge in [0.15, 0.2) is 5.52 Å². The molecule has 3 aromatic rings. The van der Waals surface area contributed by atoms with Crippen LogP contribution in [0.1, 0.15) is 0 Å². The van der Waals surface area contributed by atoms with Gasteiger partial charge in [-0.1, -0.05) is 12.1 Å². The molecule has 5 heteroatoms. The van der Waals surface area contributed by atoms with Crippen LogP contribution in [-0.4, -0.2) is 4.98 Å². The average Bonchev–Trinajstić information content (AvgIpc) is 2.31. The Hall–Kier alpha value is -2.07. The molecule has 0 aliphatic heterocycles. The first-order valence-electron chi connectivity index (χ1n) is 5.40. The fourth-order valence-corrected chi connectivity index (χ4v) is 2.13. The molecule has 0 unspecified atom stereocenters. The minimum Gasteiger partial charge on any atom is -1.00 e. The highest BCUT2D eigenvalue weighted by atomic mass is 35.5. The lowest BCUT2D eigenvalue weighted by molar-refractivity contribution is -0.617. The monoisotopic (exact) mass is 260 g/mol. The van der Waals surface area contributed by atoms with Crippen LogP contribution in [0.5, 0.6) is 0 Å². The van der Waals surface area contributed by atoms with Crippen molar-refractivity contribution in [2.75, 3.05) is 11.5 Å². The number of aryl methyl sites for hydroxylation is 1. The second kappa shape index (κ2) is 4.31. The van der Waals surface area contributed by atoms with Crippen molar-refractivity contribution in [2.24, 2.45) is 7.05 Å². The largest absolute Gasteiger partial charge is 1.00 e. The number of nitrogens with two attached hydrogens (primary N) is 2. The zero-order chi connectivity index (χ0) is 12.0. The van der Waals surface area contributed by atoms with Gasteiger partial charge in [0.05, 0.1) is 5.69 Å². The van der Waals surface area contributed by atoms with Gasteiger partial charge >= 0.3 is 0 Å². The zero-order valence-corrected chi connectivity index (χ0v) is 10.6. The molecule has 0 atom stereocenters. The first kappa shape index (κ1) is 12.4. The summed E-state index contributed by atoms with van der Waals surface area (Å²) in [7, 11) is 1.99. The molecule has 0 bridgehead atoms. The molecule has 0 saturated carbocycles. The second-order valence-corrected chi connectivity index (χ2v) is 4.14. The number of fused-ring (bicyclic) bond motifs is 2. The van der Waals surface area contributed by atoms with E-state index in [0.29, 0.717) is 11.4 Å². The molecule has 92 valence electrons. The lowest BCUT2D eigenvalue weighted by atomic mass is 10.2. The van der Waals surface area contributed by atoms with E-state index in [0.717, 1.165) is 22.1 Å². The topological polar surface area (TPSA) is 68.8 Å². The van der Waals surface area contributed by atoms with Gasteiger partial charge in [0.25, 0.3) is 0 Å². The normalized spacial score (nSPS) is 10.5. The zero-order valence-electron chi connectivity index (χ0n) is 9.89. The Balaban J connectivity index is 0.00000120. The number of hydrogen-bond donors (Lipinski definition) is 2. The van der Waals surface area contributed by atoms with Crippen LogP contribution in [-0.2, 0) is 7.05 Å². The van der Waals surface area contributed by atoms with Gasteiger partial charge in [0.1, 0.15) is 12.6 Å². The van der Waals surface area contributed by atoms with E-state index in [1.807, 2.05) is 37.4 Å². The fourth-order valence-electron chi connectivity index (χ4n) is 2.13. The average molecular weight is 261 g/mol. The summed E-state index contributed by atoms with van der Waals surface area (Å²) >= 11 is 0. The van der Waals surface area contributed by atoms with Crippen LogP contribution < -0.4 is 28.4 Å². The van der Waals surface area contributed by atoms with Crippen molar-refractivity contribution in [2.45, 2.75) is 0 Å².